The van der Waals surface area contributed by atoms with Crippen LogP contribution in [0, 0.1) is 6.73 Å². The van der Waals surface area contributed by atoms with Crippen LogP contribution in [0.25, 0.3) is 0 Å². The van der Waals surface area contributed by atoms with E-state index in [4.69, 9.17) is 5.11 Å². The van der Waals surface area contributed by atoms with Crippen LogP contribution in [-0.4, -0.2) is 60.7 Å². The van der Waals surface area contributed by atoms with Crippen molar-refractivity contribution < 1.29 is 14.6 Å². The number of hydrogen-bond donors (Lipinski definition) is 1. The molecule has 0 saturated carbocycles. The number of carbonyl (C=O) groups is 1. The molecule has 0 bridgehead atoms. The number of β-amino-alcohol motifs (C(OH)–C–C–N with tert-alkyl or cyclic N) is 1. The number of nitrogens with zero attached hydrogens (tertiary/aromatic N) is 2. The first-order valence-corrected chi connectivity index (χ1v) is 4.36. The lowest BCUT2D eigenvalue weighted by Gasteiger charge is -2.32. The van der Waals surface area contributed by atoms with E-state index in [0.29, 0.717) is 6.47 Å². The Kier molecular flexibility index (Phi) is 4.74. The molecule has 1 rings (SSSR count). The molecule has 1 fully saturated rings. The topological polar surface area (TPSA) is 53.0 Å². The summed E-state index contributed by atoms with van der Waals surface area (Å²) < 4.78 is 4.52. The van der Waals surface area contributed by atoms with Gasteiger partial charge in [-0.2, -0.15) is 0 Å². The molecule has 1 heterocycles. The van der Waals surface area contributed by atoms with Gasteiger partial charge >= 0.3 is 0 Å². The lowest BCUT2D eigenvalue weighted by Crippen LogP contribution is -2.46. The predicted molar refractivity (Wildman–Crippen MR) is 46.5 cm³/mol. The highest BCUT2D eigenvalue weighted by Gasteiger charge is 2.16. The molecule has 0 atom stereocenters. The molecule has 0 amide bonds. The molecule has 0 aromatic carbocycles. The van der Waals surface area contributed by atoms with Crippen LogP contribution in [0.3, 0.4) is 0 Å². The molecule has 0 aliphatic carbocycles. The minimum absolute atomic E-state index is 0.203. The summed E-state index contributed by atoms with van der Waals surface area (Å²) in [5.74, 6) is 0. The van der Waals surface area contributed by atoms with Crippen LogP contribution in [-0.2, 0) is 9.53 Å². The van der Waals surface area contributed by atoms with Gasteiger partial charge in [-0.25, -0.2) is 0 Å². The van der Waals surface area contributed by atoms with E-state index >= 15 is 0 Å². The van der Waals surface area contributed by atoms with E-state index in [1.807, 2.05) is 4.90 Å². The van der Waals surface area contributed by atoms with Gasteiger partial charge in [0.1, 0.15) is 0 Å². The van der Waals surface area contributed by atoms with Crippen molar-refractivity contribution in [2.45, 2.75) is 0 Å². The van der Waals surface area contributed by atoms with Gasteiger partial charge in [0.15, 0.2) is 0 Å². The molecule has 75 valence electrons. The quantitative estimate of drug-likeness (QED) is 0.553. The molecule has 0 aromatic rings. The van der Waals surface area contributed by atoms with Crippen LogP contribution < -0.4 is 0 Å². The fourth-order valence-corrected chi connectivity index (χ4v) is 1.34. The third-order valence-electron chi connectivity index (χ3n) is 2.09. The standard InChI is InChI=1S/C8H15N2O3/c11-6-5-9-1-3-10(4-2-9)7-13-8-12/h7-8,11H,1-6H2. The number of carbonyl (C=O) groups excluding carboxylic acids is 1. The third kappa shape index (κ3) is 3.71. The Hall–Kier alpha value is -0.650. The first-order valence-electron chi connectivity index (χ1n) is 4.36. The lowest BCUT2D eigenvalue weighted by atomic mass is 10.3. The fourth-order valence-electron chi connectivity index (χ4n) is 1.34. The van der Waals surface area contributed by atoms with Gasteiger partial charge in [-0.05, 0) is 0 Å². The van der Waals surface area contributed by atoms with Crippen LogP contribution in [0.2, 0.25) is 0 Å². The van der Waals surface area contributed by atoms with E-state index in [9.17, 15) is 4.79 Å². The summed E-state index contributed by atoms with van der Waals surface area (Å²) in [7, 11) is 0. The average Bonchev–Trinajstić information content (AvgIpc) is 2.17. The predicted octanol–water partition coefficient (Wildman–Crippen LogP) is -1.11. The van der Waals surface area contributed by atoms with Crippen molar-refractivity contribution in [3.63, 3.8) is 0 Å². The summed E-state index contributed by atoms with van der Waals surface area (Å²) in [6, 6.07) is 0. The summed E-state index contributed by atoms with van der Waals surface area (Å²) >= 11 is 0. The number of aliphatic hydroxyl groups is 1. The SMILES string of the molecule is O=CO[CH]N1CCN(CCO)CC1. The zero-order valence-corrected chi connectivity index (χ0v) is 7.56. The van der Waals surface area contributed by atoms with E-state index < -0.39 is 0 Å². The molecule has 1 saturated heterocycles. The zero-order valence-electron chi connectivity index (χ0n) is 7.56. The highest BCUT2D eigenvalue weighted by molar-refractivity contribution is 5.37. The molecule has 1 radical (unpaired) electrons. The molecule has 5 nitrogen and oxygen atoms in total. The van der Waals surface area contributed by atoms with Crippen LogP contribution in [0.15, 0.2) is 0 Å². The van der Waals surface area contributed by atoms with Gasteiger partial charge in [0.25, 0.3) is 6.47 Å². The van der Waals surface area contributed by atoms with Crippen molar-refractivity contribution in [2.24, 2.45) is 0 Å². The molecule has 0 aromatic heterocycles. The van der Waals surface area contributed by atoms with Crippen LogP contribution >= 0.6 is 0 Å². The molecule has 0 unspecified atom stereocenters. The molecule has 0 spiro atoms. The maximum Gasteiger partial charge on any atom is 0.294 e. The second kappa shape index (κ2) is 5.90. The highest BCUT2D eigenvalue weighted by Crippen LogP contribution is 2.02. The smallest absolute Gasteiger partial charge is 0.294 e. The number of ether oxygens (including phenoxy) is 1. The van der Waals surface area contributed by atoms with Crippen molar-refractivity contribution in [3.8, 4) is 0 Å². The minimum atomic E-state index is 0.203. The van der Waals surface area contributed by atoms with Crippen molar-refractivity contribution in [1.29, 1.82) is 0 Å². The van der Waals surface area contributed by atoms with Gasteiger partial charge in [-0.15, -0.1) is 0 Å². The molecule has 13 heavy (non-hydrogen) atoms. The second-order valence-corrected chi connectivity index (χ2v) is 2.94. The Morgan fingerprint density at radius 2 is 2.00 bits per heavy atom. The number of rotatable bonds is 5. The molecule has 1 aliphatic heterocycles. The van der Waals surface area contributed by atoms with E-state index in [1.165, 1.54) is 6.73 Å². The van der Waals surface area contributed by atoms with E-state index in [0.717, 1.165) is 32.7 Å². The zero-order chi connectivity index (χ0) is 9.52. The van der Waals surface area contributed by atoms with Crippen LogP contribution in [0.4, 0.5) is 0 Å². The average molecular weight is 187 g/mol. The molecule has 5 heteroatoms. The number of piperazine rings is 1. The summed E-state index contributed by atoms with van der Waals surface area (Å²) in [6.45, 7) is 6.28. The summed E-state index contributed by atoms with van der Waals surface area (Å²) in [4.78, 5) is 14.0. The molecule has 1 aliphatic rings. The van der Waals surface area contributed by atoms with Crippen LogP contribution in [0.1, 0.15) is 0 Å². The van der Waals surface area contributed by atoms with Gasteiger partial charge in [0.2, 0.25) is 6.73 Å². The van der Waals surface area contributed by atoms with Crippen molar-refractivity contribution in [3.05, 3.63) is 6.73 Å². The van der Waals surface area contributed by atoms with Crippen molar-refractivity contribution in [2.75, 3.05) is 39.3 Å². The first-order chi connectivity index (χ1) is 6.36. The van der Waals surface area contributed by atoms with Gasteiger partial charge in [0.05, 0.1) is 6.61 Å². The van der Waals surface area contributed by atoms with Crippen LogP contribution in [0.5, 0.6) is 0 Å². The minimum Gasteiger partial charge on any atom is -0.443 e. The molecular weight excluding hydrogens is 172 g/mol. The van der Waals surface area contributed by atoms with Gasteiger partial charge < -0.3 is 9.84 Å². The Balaban J connectivity index is 2.11. The Bertz CT molecular complexity index is 146. The maximum atomic E-state index is 9.89. The van der Waals surface area contributed by atoms with E-state index in [2.05, 4.69) is 9.64 Å². The van der Waals surface area contributed by atoms with Gasteiger partial charge in [0, 0.05) is 32.7 Å². The van der Waals surface area contributed by atoms with E-state index in [1.54, 1.807) is 0 Å². The number of hydrogen-bond acceptors (Lipinski definition) is 5. The summed E-state index contributed by atoms with van der Waals surface area (Å²) in [5.41, 5.74) is 0. The maximum absolute atomic E-state index is 9.89. The Morgan fingerprint density at radius 3 is 2.54 bits per heavy atom. The monoisotopic (exact) mass is 187 g/mol. The highest BCUT2D eigenvalue weighted by atomic mass is 16.5. The van der Waals surface area contributed by atoms with Gasteiger partial charge in [-0.1, -0.05) is 0 Å². The lowest BCUT2D eigenvalue weighted by molar-refractivity contribution is -0.128. The van der Waals surface area contributed by atoms with Crippen molar-refractivity contribution in [1.82, 2.24) is 9.80 Å². The first kappa shape index (κ1) is 10.4. The largest absolute Gasteiger partial charge is 0.443 e. The fraction of sp³-hybridized carbons (Fsp3) is 0.750. The normalized spacial score (nSPS) is 20.1. The summed E-state index contributed by atoms with van der Waals surface area (Å²) in [5, 5.41) is 8.69. The number of aliphatic hydroxyl groups excluding tert-OH is 1. The van der Waals surface area contributed by atoms with Crippen molar-refractivity contribution >= 4 is 6.47 Å². The van der Waals surface area contributed by atoms with Gasteiger partial charge in [-0.3, -0.25) is 14.6 Å². The Labute approximate surface area is 77.9 Å². The molecular formula is C8H15N2O3. The summed E-state index contributed by atoms with van der Waals surface area (Å²) in [6.07, 6.45) is 0. The Morgan fingerprint density at radius 1 is 1.31 bits per heavy atom. The second-order valence-electron chi connectivity index (χ2n) is 2.94. The third-order valence-corrected chi connectivity index (χ3v) is 2.09. The molecule has 1 N–H and O–H groups in total. The van der Waals surface area contributed by atoms with E-state index in [-0.39, 0.29) is 6.61 Å².